The molecule has 0 spiro atoms. The van der Waals surface area contributed by atoms with Crippen LogP contribution in [0.4, 0.5) is 0 Å². The van der Waals surface area contributed by atoms with Crippen LogP contribution in [-0.4, -0.2) is 29.5 Å². The van der Waals surface area contributed by atoms with Crippen molar-refractivity contribution in [1.29, 1.82) is 0 Å². The van der Waals surface area contributed by atoms with Crippen molar-refractivity contribution in [3.05, 3.63) is 35.5 Å². The minimum atomic E-state index is -0.421. The predicted octanol–water partition coefficient (Wildman–Crippen LogP) is 3.84. The summed E-state index contributed by atoms with van der Waals surface area (Å²) in [6, 6.07) is 6.99. The van der Waals surface area contributed by atoms with E-state index in [4.69, 9.17) is 25.3 Å². The molecule has 20 heavy (non-hydrogen) atoms. The van der Waals surface area contributed by atoms with Gasteiger partial charge in [-0.25, -0.2) is 0 Å². The second-order valence-corrected chi connectivity index (χ2v) is 7.56. The second kappa shape index (κ2) is 5.32. The van der Waals surface area contributed by atoms with Crippen LogP contribution in [0.1, 0.15) is 30.9 Å². The Hall–Kier alpha value is -0.580. The normalized spacial score (nSPS) is 20.9. The van der Waals surface area contributed by atoms with E-state index < -0.39 is 4.08 Å². The van der Waals surface area contributed by atoms with Crippen LogP contribution in [0.25, 0.3) is 10.9 Å². The highest BCUT2D eigenvalue weighted by molar-refractivity contribution is 7.99. The molecule has 2 nitrogen and oxygen atoms in total. The molecule has 1 aliphatic heterocycles. The van der Waals surface area contributed by atoms with E-state index in [1.807, 2.05) is 0 Å². The Balaban J connectivity index is 2.08. The molecule has 1 unspecified atom stereocenters. The highest BCUT2D eigenvalue weighted by atomic mass is 32.2. The molecule has 4 heteroatoms. The molecule has 1 aromatic heterocycles. The Bertz CT molecular complexity index is 618. The van der Waals surface area contributed by atoms with Crippen molar-refractivity contribution in [2.24, 2.45) is 0 Å². The molecule has 3 rings (SSSR count). The third-order valence-electron chi connectivity index (χ3n) is 4.54. The Morgan fingerprint density at radius 3 is 2.85 bits per heavy atom. The van der Waals surface area contributed by atoms with Crippen LogP contribution in [-0.2, 0) is 10.5 Å². The number of hydrogen-bond donors (Lipinski definition) is 3. The van der Waals surface area contributed by atoms with Crippen molar-refractivity contribution in [3.8, 4) is 0 Å². The number of hydrogen-bond acceptors (Lipinski definition) is 3. The highest BCUT2D eigenvalue weighted by Gasteiger charge is 2.40. The number of aromatic amines is 1. The maximum atomic E-state index is 4.94. The molecule has 1 fully saturated rings. The number of aromatic nitrogens is 1. The van der Waals surface area contributed by atoms with Gasteiger partial charge in [-0.3, -0.25) is 0 Å². The fourth-order valence-electron chi connectivity index (χ4n) is 3.29. The lowest BCUT2D eigenvalue weighted by Crippen LogP contribution is -2.38. The van der Waals surface area contributed by atoms with Gasteiger partial charge >= 0.3 is 0 Å². The summed E-state index contributed by atoms with van der Waals surface area (Å²) in [6.45, 7) is 3.32. The van der Waals surface area contributed by atoms with E-state index in [2.05, 4.69) is 48.3 Å². The van der Waals surface area contributed by atoms with Crippen LogP contribution in [0.15, 0.2) is 24.4 Å². The number of thiol groups is 2. The summed E-state index contributed by atoms with van der Waals surface area (Å²) in [6.07, 6.45) is 5.52. The molecule has 1 saturated heterocycles. The number of rotatable bonds is 3. The van der Waals surface area contributed by atoms with E-state index >= 15 is 0 Å². The average molecular weight is 306 g/mol. The van der Waals surface area contributed by atoms with Gasteiger partial charge in [0.2, 0.25) is 0 Å². The topological polar surface area (TPSA) is 19.0 Å². The van der Waals surface area contributed by atoms with Gasteiger partial charge < -0.3 is 9.88 Å². The Labute approximate surface area is 131 Å². The Morgan fingerprint density at radius 2 is 2.20 bits per heavy atom. The minimum Gasteiger partial charge on any atom is -0.361 e. The van der Waals surface area contributed by atoms with Gasteiger partial charge in [0.1, 0.15) is 0 Å². The lowest BCUT2D eigenvalue weighted by molar-refractivity contribution is 0.295. The summed E-state index contributed by atoms with van der Waals surface area (Å²) in [4.78, 5) is 5.75. The molecule has 1 N–H and O–H groups in total. The summed E-state index contributed by atoms with van der Waals surface area (Å²) in [5.74, 6) is 0. The first kappa shape index (κ1) is 14.4. The predicted molar refractivity (Wildman–Crippen MR) is 93.0 cm³/mol. The fourth-order valence-corrected chi connectivity index (χ4v) is 4.31. The van der Waals surface area contributed by atoms with Crippen molar-refractivity contribution in [2.45, 2.75) is 36.3 Å². The number of likely N-dealkylation sites (N-methyl/N-ethyl adjacent to an activating group) is 1. The lowest BCUT2D eigenvalue weighted by Gasteiger charge is -2.34. The van der Waals surface area contributed by atoms with E-state index in [0.717, 1.165) is 19.4 Å². The van der Waals surface area contributed by atoms with Gasteiger partial charge in [0.25, 0.3) is 0 Å². The second-order valence-electron chi connectivity index (χ2n) is 5.80. The molecule has 108 valence electrons. The third-order valence-corrected chi connectivity index (χ3v) is 5.61. The van der Waals surface area contributed by atoms with Crippen LogP contribution in [0, 0.1) is 0 Å². The zero-order chi connectivity index (χ0) is 14.3. The number of H-pyrrole nitrogens is 1. The van der Waals surface area contributed by atoms with Gasteiger partial charge in [0, 0.05) is 28.7 Å². The van der Waals surface area contributed by atoms with Gasteiger partial charge in [-0.1, -0.05) is 13.0 Å². The maximum Gasteiger partial charge on any atom is 0.0979 e. The van der Waals surface area contributed by atoms with Gasteiger partial charge in [0.15, 0.2) is 0 Å². The number of fused-ring (bicyclic) bond motifs is 1. The summed E-state index contributed by atoms with van der Waals surface area (Å²) < 4.78 is -0.421. The van der Waals surface area contributed by atoms with E-state index in [1.165, 1.54) is 28.5 Å². The van der Waals surface area contributed by atoms with E-state index in [0.29, 0.717) is 6.04 Å². The molecule has 1 aliphatic rings. The van der Waals surface area contributed by atoms with E-state index in [1.54, 1.807) is 0 Å². The van der Waals surface area contributed by atoms with Gasteiger partial charge in [0.05, 0.1) is 4.08 Å². The Morgan fingerprint density at radius 1 is 1.40 bits per heavy atom. The number of likely N-dealkylation sites (tertiary alicyclic amines) is 1. The van der Waals surface area contributed by atoms with Gasteiger partial charge in [-0.05, 0) is 50.6 Å². The maximum absolute atomic E-state index is 4.94. The number of nitrogens with one attached hydrogen (secondary N) is 1. The van der Waals surface area contributed by atoms with Crippen molar-refractivity contribution in [2.75, 3.05) is 13.6 Å². The van der Waals surface area contributed by atoms with Crippen LogP contribution < -0.4 is 0 Å². The molecule has 1 atom stereocenters. The number of aryl methyl sites for hydroxylation is 1. The third kappa shape index (κ3) is 2.28. The molecule has 1 aromatic carbocycles. The lowest BCUT2D eigenvalue weighted by atomic mass is 10.00. The molecule has 0 radical (unpaired) electrons. The van der Waals surface area contributed by atoms with E-state index in [9.17, 15) is 0 Å². The van der Waals surface area contributed by atoms with Crippen LogP contribution >= 0.6 is 25.3 Å². The van der Waals surface area contributed by atoms with E-state index in [-0.39, 0.29) is 0 Å². The quantitative estimate of drug-likeness (QED) is 0.581. The SMILES string of the molecule is CCc1ccc2[nH]cc(C(S)(S)C3CCCN3C)c2c1. The molecule has 2 aromatic rings. The van der Waals surface area contributed by atoms with Gasteiger partial charge in [-0.2, -0.15) is 25.3 Å². The van der Waals surface area contributed by atoms with Crippen molar-refractivity contribution >= 4 is 36.2 Å². The highest BCUT2D eigenvalue weighted by Crippen LogP contribution is 2.45. The molecule has 0 bridgehead atoms. The molecule has 0 amide bonds. The van der Waals surface area contributed by atoms with Gasteiger partial charge in [-0.15, -0.1) is 0 Å². The van der Waals surface area contributed by atoms with Crippen LogP contribution in [0.5, 0.6) is 0 Å². The monoisotopic (exact) mass is 306 g/mol. The average Bonchev–Trinajstić information content (AvgIpc) is 3.04. The smallest absolute Gasteiger partial charge is 0.0979 e. The minimum absolute atomic E-state index is 0.374. The largest absolute Gasteiger partial charge is 0.361 e. The summed E-state index contributed by atoms with van der Waals surface area (Å²) in [7, 11) is 2.17. The van der Waals surface area contributed by atoms with Crippen LogP contribution in [0.2, 0.25) is 0 Å². The van der Waals surface area contributed by atoms with Crippen molar-refractivity contribution < 1.29 is 0 Å². The molecular weight excluding hydrogens is 284 g/mol. The Kier molecular flexibility index (Phi) is 3.82. The molecule has 2 heterocycles. The summed E-state index contributed by atoms with van der Waals surface area (Å²) >= 11 is 9.88. The van der Waals surface area contributed by atoms with Crippen molar-refractivity contribution in [1.82, 2.24) is 9.88 Å². The summed E-state index contributed by atoms with van der Waals surface area (Å²) in [5, 5.41) is 1.26. The first-order valence-corrected chi connectivity index (χ1v) is 8.19. The standard InChI is InChI=1S/C16H22N2S2/c1-3-11-6-7-14-12(9-11)13(10-17-14)16(19,20)15-5-4-8-18(15)2/h6-7,9-10,15,17,19-20H,3-5,8H2,1-2H3. The molecular formula is C16H22N2S2. The molecule has 0 saturated carbocycles. The first-order valence-electron chi connectivity index (χ1n) is 7.29. The number of benzene rings is 1. The zero-order valence-corrected chi connectivity index (χ0v) is 13.8. The summed E-state index contributed by atoms with van der Waals surface area (Å²) in [5.41, 5.74) is 3.73. The van der Waals surface area contributed by atoms with Crippen molar-refractivity contribution in [3.63, 3.8) is 0 Å². The molecule has 0 aliphatic carbocycles. The number of nitrogens with zero attached hydrogens (tertiary/aromatic N) is 1. The fraction of sp³-hybridized carbons (Fsp3) is 0.500. The van der Waals surface area contributed by atoms with Crippen LogP contribution in [0.3, 0.4) is 0 Å². The first-order chi connectivity index (χ1) is 9.54. The zero-order valence-electron chi connectivity index (χ0n) is 12.1.